The van der Waals surface area contributed by atoms with Crippen molar-refractivity contribution in [3.05, 3.63) is 0 Å². The first-order valence-corrected chi connectivity index (χ1v) is 5.32. The fraction of sp³-hybridized carbons (Fsp3) is 1.00. The summed E-state index contributed by atoms with van der Waals surface area (Å²) in [4.78, 5) is 2.41. The Hall–Kier alpha value is 0.170. The fourth-order valence-electron chi connectivity index (χ4n) is 2.27. The highest BCUT2D eigenvalue weighted by Gasteiger charge is 2.31. The Bertz CT molecular complexity index is 172. The minimum Gasteiger partial charge on any atom is -0.361 e. The summed E-state index contributed by atoms with van der Waals surface area (Å²) in [6, 6.07) is 0.604. The molecular formula is C10H21ClN2O. The number of likely N-dealkylation sites (N-methyl/N-ethyl adjacent to an activating group) is 1. The minimum atomic E-state index is 0. The topological polar surface area (TPSA) is 24.5 Å². The van der Waals surface area contributed by atoms with E-state index in [1.54, 1.807) is 0 Å². The van der Waals surface area contributed by atoms with Crippen molar-refractivity contribution in [2.75, 3.05) is 26.7 Å². The average Bonchev–Trinajstić information content (AvgIpc) is 2.53. The third-order valence-corrected chi connectivity index (χ3v) is 3.15. The van der Waals surface area contributed by atoms with Gasteiger partial charge < -0.3 is 4.74 Å². The van der Waals surface area contributed by atoms with Gasteiger partial charge in [0.15, 0.2) is 0 Å². The second-order valence-electron chi connectivity index (χ2n) is 4.46. The molecule has 0 aromatic heterocycles. The lowest BCUT2D eigenvalue weighted by Crippen LogP contribution is -2.52. The van der Waals surface area contributed by atoms with Gasteiger partial charge in [-0.05, 0) is 32.4 Å². The summed E-state index contributed by atoms with van der Waals surface area (Å²) in [5.74, 6) is 0.669. The number of likely N-dealkylation sites (tertiary alicyclic amines) is 1. The van der Waals surface area contributed by atoms with Gasteiger partial charge in [-0.15, -0.1) is 12.4 Å². The van der Waals surface area contributed by atoms with Crippen molar-refractivity contribution >= 4 is 12.4 Å². The molecule has 0 saturated carbocycles. The molecule has 1 N–H and O–H groups in total. The molecule has 14 heavy (non-hydrogen) atoms. The van der Waals surface area contributed by atoms with E-state index in [9.17, 15) is 0 Å². The predicted molar refractivity (Wildman–Crippen MR) is 59.8 cm³/mol. The number of ether oxygens (including phenoxy) is 1. The van der Waals surface area contributed by atoms with Gasteiger partial charge in [-0.25, -0.2) is 0 Å². The highest BCUT2D eigenvalue weighted by atomic mass is 35.5. The van der Waals surface area contributed by atoms with Gasteiger partial charge in [-0.3, -0.25) is 10.2 Å². The van der Waals surface area contributed by atoms with E-state index in [1.807, 2.05) is 0 Å². The molecule has 0 spiro atoms. The lowest BCUT2D eigenvalue weighted by Gasteiger charge is -2.35. The molecule has 0 aliphatic carbocycles. The van der Waals surface area contributed by atoms with Gasteiger partial charge >= 0.3 is 0 Å². The number of halogens is 1. The summed E-state index contributed by atoms with van der Waals surface area (Å²) in [6.45, 7) is 5.47. The molecule has 84 valence electrons. The Balaban J connectivity index is 0.000000980. The SMILES string of the molecule is CC1CNC(C2CCCN2C)OC1.Cl. The van der Waals surface area contributed by atoms with Crippen LogP contribution in [0.1, 0.15) is 19.8 Å². The number of hydrogen-bond donors (Lipinski definition) is 1. The molecule has 2 aliphatic rings. The number of nitrogens with zero attached hydrogens (tertiary/aromatic N) is 1. The van der Waals surface area contributed by atoms with Crippen LogP contribution in [-0.2, 0) is 4.74 Å². The molecule has 3 nitrogen and oxygen atoms in total. The third kappa shape index (κ3) is 2.60. The van der Waals surface area contributed by atoms with Crippen LogP contribution in [0.5, 0.6) is 0 Å². The van der Waals surface area contributed by atoms with Crippen molar-refractivity contribution in [1.29, 1.82) is 0 Å². The Morgan fingerprint density at radius 2 is 2.21 bits per heavy atom. The maximum atomic E-state index is 5.79. The molecule has 0 aromatic rings. The first-order valence-electron chi connectivity index (χ1n) is 5.32. The van der Waals surface area contributed by atoms with Gasteiger partial charge in [0.25, 0.3) is 0 Å². The largest absolute Gasteiger partial charge is 0.361 e. The van der Waals surface area contributed by atoms with Gasteiger partial charge in [0, 0.05) is 12.6 Å². The lowest BCUT2D eigenvalue weighted by atomic mass is 10.1. The lowest BCUT2D eigenvalue weighted by molar-refractivity contribution is -0.0595. The molecule has 2 fully saturated rings. The Morgan fingerprint density at radius 1 is 1.43 bits per heavy atom. The second-order valence-corrected chi connectivity index (χ2v) is 4.46. The Morgan fingerprint density at radius 3 is 2.71 bits per heavy atom. The van der Waals surface area contributed by atoms with E-state index in [-0.39, 0.29) is 18.6 Å². The molecule has 4 heteroatoms. The number of nitrogens with one attached hydrogen (secondary N) is 1. The molecule has 2 rings (SSSR count). The number of hydrogen-bond acceptors (Lipinski definition) is 3. The van der Waals surface area contributed by atoms with Crippen LogP contribution in [-0.4, -0.2) is 43.9 Å². The van der Waals surface area contributed by atoms with Crippen molar-refractivity contribution in [2.45, 2.75) is 32.0 Å². The summed E-state index contributed by atoms with van der Waals surface area (Å²) >= 11 is 0. The molecule has 3 atom stereocenters. The zero-order valence-corrected chi connectivity index (χ0v) is 9.85. The van der Waals surface area contributed by atoms with Crippen LogP contribution >= 0.6 is 12.4 Å². The first-order chi connectivity index (χ1) is 6.27. The molecule has 2 heterocycles. The van der Waals surface area contributed by atoms with Crippen molar-refractivity contribution in [3.63, 3.8) is 0 Å². The maximum Gasteiger partial charge on any atom is 0.123 e. The van der Waals surface area contributed by atoms with Crippen LogP contribution in [0.15, 0.2) is 0 Å². The summed E-state index contributed by atoms with van der Waals surface area (Å²) in [6.07, 6.45) is 2.88. The monoisotopic (exact) mass is 220 g/mol. The summed E-state index contributed by atoms with van der Waals surface area (Å²) < 4.78 is 5.79. The normalized spacial score (nSPS) is 39.4. The summed E-state index contributed by atoms with van der Waals surface area (Å²) in [5.41, 5.74) is 0. The van der Waals surface area contributed by atoms with Crippen LogP contribution in [0.4, 0.5) is 0 Å². The zero-order valence-electron chi connectivity index (χ0n) is 9.03. The van der Waals surface area contributed by atoms with Crippen molar-refractivity contribution in [3.8, 4) is 0 Å². The van der Waals surface area contributed by atoms with E-state index >= 15 is 0 Å². The zero-order chi connectivity index (χ0) is 9.26. The molecule has 2 aliphatic heterocycles. The molecule has 3 unspecified atom stereocenters. The molecule has 0 amide bonds. The molecule has 0 radical (unpaired) electrons. The standard InChI is InChI=1S/C10H20N2O.ClH/c1-8-6-11-10(13-7-8)9-4-3-5-12(9)2;/h8-11H,3-7H2,1-2H3;1H. The predicted octanol–water partition coefficient (Wildman–Crippen LogP) is 1.08. The smallest absolute Gasteiger partial charge is 0.123 e. The maximum absolute atomic E-state index is 5.79. The molecule has 2 saturated heterocycles. The highest BCUT2D eigenvalue weighted by Crippen LogP contribution is 2.20. The van der Waals surface area contributed by atoms with Crippen LogP contribution in [0.25, 0.3) is 0 Å². The van der Waals surface area contributed by atoms with E-state index in [1.165, 1.54) is 19.4 Å². The van der Waals surface area contributed by atoms with Crippen molar-refractivity contribution in [2.24, 2.45) is 5.92 Å². The van der Waals surface area contributed by atoms with Crippen LogP contribution in [0.3, 0.4) is 0 Å². The second kappa shape index (κ2) is 5.31. The van der Waals surface area contributed by atoms with E-state index in [0.29, 0.717) is 12.0 Å². The quantitative estimate of drug-likeness (QED) is 0.716. The van der Waals surface area contributed by atoms with E-state index in [4.69, 9.17) is 4.74 Å². The van der Waals surface area contributed by atoms with Gasteiger partial charge in [0.05, 0.1) is 6.61 Å². The van der Waals surface area contributed by atoms with Crippen molar-refractivity contribution in [1.82, 2.24) is 10.2 Å². The Labute approximate surface area is 92.6 Å². The summed E-state index contributed by atoms with van der Waals surface area (Å²) in [7, 11) is 2.20. The van der Waals surface area contributed by atoms with Crippen LogP contribution < -0.4 is 5.32 Å². The fourth-order valence-corrected chi connectivity index (χ4v) is 2.27. The van der Waals surface area contributed by atoms with E-state index in [0.717, 1.165) is 13.2 Å². The molecular weight excluding hydrogens is 200 g/mol. The third-order valence-electron chi connectivity index (χ3n) is 3.15. The minimum absolute atomic E-state index is 0. The van der Waals surface area contributed by atoms with Gasteiger partial charge in [0.2, 0.25) is 0 Å². The van der Waals surface area contributed by atoms with Gasteiger partial charge in [0.1, 0.15) is 6.23 Å². The van der Waals surface area contributed by atoms with E-state index < -0.39 is 0 Å². The highest BCUT2D eigenvalue weighted by molar-refractivity contribution is 5.85. The number of rotatable bonds is 1. The average molecular weight is 221 g/mol. The Kier molecular flexibility index (Phi) is 4.64. The summed E-state index contributed by atoms with van der Waals surface area (Å²) in [5, 5.41) is 3.48. The van der Waals surface area contributed by atoms with Crippen molar-refractivity contribution < 1.29 is 4.74 Å². The van der Waals surface area contributed by atoms with Crippen LogP contribution in [0, 0.1) is 5.92 Å². The van der Waals surface area contributed by atoms with Gasteiger partial charge in [-0.2, -0.15) is 0 Å². The molecule has 0 aromatic carbocycles. The molecule has 0 bridgehead atoms. The van der Waals surface area contributed by atoms with Crippen LogP contribution in [0.2, 0.25) is 0 Å². The first kappa shape index (κ1) is 12.2. The van der Waals surface area contributed by atoms with Gasteiger partial charge in [-0.1, -0.05) is 6.92 Å². The van der Waals surface area contributed by atoms with E-state index in [2.05, 4.69) is 24.2 Å².